The summed E-state index contributed by atoms with van der Waals surface area (Å²) in [5.74, 6) is -2.14. The molecule has 1 spiro atoms. The molecule has 5 fully saturated rings. The summed E-state index contributed by atoms with van der Waals surface area (Å²) in [5.41, 5.74) is -1.26. The van der Waals surface area contributed by atoms with Crippen LogP contribution in [0.1, 0.15) is 39.5 Å². The van der Waals surface area contributed by atoms with E-state index >= 15 is 0 Å². The number of fused-ring (bicyclic) bond motifs is 2. The molecule has 3 saturated carbocycles. The lowest BCUT2D eigenvalue weighted by Gasteiger charge is -2.64. The number of ether oxygens (including phenoxy) is 1. The van der Waals surface area contributed by atoms with Crippen molar-refractivity contribution in [3.05, 3.63) is 24.0 Å². The van der Waals surface area contributed by atoms with Crippen LogP contribution in [0.5, 0.6) is 0 Å². The van der Waals surface area contributed by atoms with Crippen molar-refractivity contribution in [2.75, 3.05) is 6.61 Å². The van der Waals surface area contributed by atoms with E-state index in [0.29, 0.717) is 18.4 Å². The van der Waals surface area contributed by atoms with Crippen LogP contribution in [0.2, 0.25) is 0 Å². The van der Waals surface area contributed by atoms with Crippen LogP contribution < -0.4 is 0 Å². The van der Waals surface area contributed by atoms with E-state index in [1.165, 1.54) is 0 Å². The number of aliphatic hydroxyl groups excluding tert-OH is 3. The maximum atomic E-state index is 13.4. The molecular weight excluding hydrogens is 376 g/mol. The second-order valence-electron chi connectivity index (χ2n) is 9.66. The summed E-state index contributed by atoms with van der Waals surface area (Å²) in [6.45, 7) is 7.59. The van der Waals surface area contributed by atoms with E-state index < -0.39 is 46.9 Å². The number of hydrogen-bond donors (Lipinski definition) is 3. The van der Waals surface area contributed by atoms with Gasteiger partial charge in [0, 0.05) is 30.1 Å². The van der Waals surface area contributed by atoms with Gasteiger partial charge in [-0.25, -0.2) is 0 Å². The molecule has 29 heavy (non-hydrogen) atoms. The largest absolute Gasteiger partial charge is 0.515 e. The molecule has 2 bridgehead atoms. The number of rotatable bonds is 3. The third-order valence-electron chi connectivity index (χ3n) is 7.94. The Morgan fingerprint density at radius 1 is 1.17 bits per heavy atom. The van der Waals surface area contributed by atoms with Crippen LogP contribution in [-0.4, -0.2) is 57.6 Å². The maximum Gasteiger partial charge on any atom is 0.173 e. The number of aliphatic hydroxyl groups is 3. The van der Waals surface area contributed by atoms with Gasteiger partial charge in [0.05, 0.1) is 36.1 Å². The van der Waals surface area contributed by atoms with Crippen molar-refractivity contribution < 1.29 is 34.4 Å². The number of hydrogen-bond acceptors (Lipinski definition) is 7. The highest BCUT2D eigenvalue weighted by Gasteiger charge is 2.71. The molecule has 5 rings (SSSR count). The summed E-state index contributed by atoms with van der Waals surface area (Å²) in [6.07, 6.45) is -1.03. The van der Waals surface area contributed by atoms with Crippen LogP contribution in [0.15, 0.2) is 24.0 Å². The Labute approximate surface area is 169 Å². The van der Waals surface area contributed by atoms with Crippen LogP contribution >= 0.6 is 0 Å². The highest BCUT2D eigenvalue weighted by molar-refractivity contribution is 6.05. The zero-order valence-electron chi connectivity index (χ0n) is 16.8. The lowest BCUT2D eigenvalue weighted by Crippen LogP contribution is -2.73. The van der Waals surface area contributed by atoms with Crippen LogP contribution in [-0.2, 0) is 19.1 Å². The molecule has 2 aliphatic heterocycles. The second kappa shape index (κ2) is 6.59. The van der Waals surface area contributed by atoms with Gasteiger partial charge in [0.25, 0.3) is 0 Å². The molecule has 7 atom stereocenters. The molecule has 2 heterocycles. The predicted molar refractivity (Wildman–Crippen MR) is 102 cm³/mol. The van der Waals surface area contributed by atoms with Gasteiger partial charge in [0.1, 0.15) is 6.10 Å². The molecule has 5 aliphatic rings. The highest BCUT2D eigenvalue weighted by atomic mass is 16.5. The Bertz CT molecular complexity index is 825. The fraction of sp³-hybridized carbons (Fsp3) is 0.682. The fourth-order valence-electron chi connectivity index (χ4n) is 6.55. The maximum absolute atomic E-state index is 13.4. The normalized spacial score (nSPS) is 45.2. The summed E-state index contributed by atoms with van der Waals surface area (Å²) >= 11 is 0. The Morgan fingerprint density at radius 2 is 1.86 bits per heavy atom. The minimum absolute atomic E-state index is 0.0233. The zero-order chi connectivity index (χ0) is 21.3. The summed E-state index contributed by atoms with van der Waals surface area (Å²) in [6, 6.07) is 0. The monoisotopic (exact) mass is 404 g/mol. The van der Waals surface area contributed by atoms with E-state index in [4.69, 9.17) is 4.74 Å². The third-order valence-corrected chi connectivity index (χ3v) is 7.94. The SMILES string of the molecule is C=C1C(=O)C[C@H](O)[C@H]1CC[C@@H]1CC(=O)[C@@H](O)[C@@H]2C(C)(C)[C@@H]3OC[C@]12C(=O)/C3=C\O. The summed E-state index contributed by atoms with van der Waals surface area (Å²) < 4.78 is 5.98. The summed E-state index contributed by atoms with van der Waals surface area (Å²) in [5, 5.41) is 30.7. The van der Waals surface area contributed by atoms with Crippen molar-refractivity contribution in [1.29, 1.82) is 0 Å². The van der Waals surface area contributed by atoms with Crippen molar-refractivity contribution >= 4 is 17.3 Å². The van der Waals surface area contributed by atoms with Crippen LogP contribution in [0.25, 0.3) is 0 Å². The Balaban J connectivity index is 1.71. The number of carbonyl (C=O) groups is 3. The Morgan fingerprint density at radius 3 is 2.45 bits per heavy atom. The number of carbonyl (C=O) groups excluding carboxylic acids is 3. The molecule has 3 aliphatic carbocycles. The van der Waals surface area contributed by atoms with Crippen LogP contribution in [0.3, 0.4) is 0 Å². The molecule has 0 amide bonds. The molecular formula is C22H28O7. The minimum atomic E-state index is -1.26. The first-order valence-electron chi connectivity index (χ1n) is 10.2. The van der Waals surface area contributed by atoms with E-state index in [9.17, 15) is 29.7 Å². The predicted octanol–water partition coefficient (Wildman–Crippen LogP) is 1.27. The van der Waals surface area contributed by atoms with Gasteiger partial charge >= 0.3 is 0 Å². The summed E-state index contributed by atoms with van der Waals surface area (Å²) in [4.78, 5) is 38.0. The van der Waals surface area contributed by atoms with Crippen molar-refractivity contribution in [3.63, 3.8) is 0 Å². The lowest BCUT2D eigenvalue weighted by molar-refractivity contribution is -0.238. The topological polar surface area (TPSA) is 121 Å². The van der Waals surface area contributed by atoms with Crippen molar-refractivity contribution in [2.24, 2.45) is 28.6 Å². The van der Waals surface area contributed by atoms with Gasteiger partial charge in [0.15, 0.2) is 17.3 Å². The lowest BCUT2D eigenvalue weighted by atomic mass is 9.42. The minimum Gasteiger partial charge on any atom is -0.515 e. The first kappa shape index (κ1) is 20.4. The molecule has 2 saturated heterocycles. The van der Waals surface area contributed by atoms with Gasteiger partial charge in [-0.1, -0.05) is 20.4 Å². The molecule has 7 heteroatoms. The van der Waals surface area contributed by atoms with Gasteiger partial charge in [-0.3, -0.25) is 14.4 Å². The molecule has 7 nitrogen and oxygen atoms in total. The van der Waals surface area contributed by atoms with Gasteiger partial charge < -0.3 is 20.1 Å². The second-order valence-corrected chi connectivity index (χ2v) is 9.66. The number of Topliss-reactive ketones (excluding diaryl/α,β-unsaturated/α-hetero) is 3. The third kappa shape index (κ3) is 2.57. The van der Waals surface area contributed by atoms with Crippen molar-refractivity contribution in [2.45, 2.75) is 57.8 Å². The van der Waals surface area contributed by atoms with Crippen molar-refractivity contribution in [1.82, 2.24) is 0 Å². The van der Waals surface area contributed by atoms with Crippen LogP contribution in [0, 0.1) is 28.6 Å². The molecule has 0 radical (unpaired) electrons. The van der Waals surface area contributed by atoms with Crippen LogP contribution in [0.4, 0.5) is 0 Å². The summed E-state index contributed by atoms with van der Waals surface area (Å²) in [7, 11) is 0. The first-order valence-corrected chi connectivity index (χ1v) is 10.2. The van der Waals surface area contributed by atoms with E-state index in [1.54, 1.807) is 0 Å². The molecule has 0 aromatic carbocycles. The van der Waals surface area contributed by atoms with Gasteiger partial charge in [-0.05, 0) is 24.3 Å². The zero-order valence-corrected chi connectivity index (χ0v) is 16.8. The molecule has 0 unspecified atom stereocenters. The standard InChI is InChI=1S/C22H28O7/c1-10-12(15(25)7-14(10)24)5-4-11-6-16(26)17(27)18-21(2,3)20-13(8-23)19(28)22(11,18)9-29-20/h8,11-12,15,17-18,20,23,25,27H,1,4-7,9H2,2-3H3/b13-8+/t11-,12+,15+,17-,18-,20-,22+/m1/s1. The fourth-order valence-corrected chi connectivity index (χ4v) is 6.55. The highest BCUT2D eigenvalue weighted by Crippen LogP contribution is 2.64. The Kier molecular flexibility index (Phi) is 4.64. The van der Waals surface area contributed by atoms with E-state index in [2.05, 4.69) is 6.58 Å². The van der Waals surface area contributed by atoms with E-state index in [1.807, 2.05) is 13.8 Å². The average Bonchev–Trinajstić information content (AvgIpc) is 2.89. The smallest absolute Gasteiger partial charge is 0.173 e. The number of ketones is 3. The molecule has 0 aromatic heterocycles. The average molecular weight is 404 g/mol. The van der Waals surface area contributed by atoms with E-state index in [-0.39, 0.29) is 42.4 Å². The quantitative estimate of drug-likeness (QED) is 0.478. The van der Waals surface area contributed by atoms with Crippen molar-refractivity contribution in [3.8, 4) is 0 Å². The first-order chi connectivity index (χ1) is 13.6. The van der Waals surface area contributed by atoms with Gasteiger partial charge in [-0.2, -0.15) is 0 Å². The molecule has 158 valence electrons. The van der Waals surface area contributed by atoms with Gasteiger partial charge in [0.2, 0.25) is 0 Å². The Hall–Kier alpha value is -1.83. The molecule has 0 aromatic rings. The van der Waals surface area contributed by atoms with Gasteiger partial charge in [-0.15, -0.1) is 0 Å². The van der Waals surface area contributed by atoms with E-state index in [0.717, 1.165) is 6.26 Å². The molecule has 3 N–H and O–H groups in total.